The van der Waals surface area contributed by atoms with E-state index in [1.807, 2.05) is 6.92 Å². The van der Waals surface area contributed by atoms with Crippen LogP contribution in [-0.2, 0) is 25.9 Å². The molecule has 1 radical (unpaired) electrons. The minimum Gasteiger partial charge on any atom is -0.324 e. The van der Waals surface area contributed by atoms with Gasteiger partial charge in [0.1, 0.15) is 0 Å². The molecular weight excluding hydrogens is 246 g/mol. The molecule has 0 aliphatic carbocycles. The van der Waals surface area contributed by atoms with Gasteiger partial charge in [-0.2, -0.15) is 0 Å². The van der Waals surface area contributed by atoms with E-state index >= 15 is 0 Å². The minimum atomic E-state index is -3.25. The zero-order chi connectivity index (χ0) is 10.2. The van der Waals surface area contributed by atoms with E-state index in [9.17, 15) is 9.46 Å². The molecule has 0 fully saturated rings. The summed E-state index contributed by atoms with van der Waals surface area (Å²) in [7, 11) is -3.25. The largest absolute Gasteiger partial charge is 0.328 e. The molecule has 0 saturated carbocycles. The molecule has 0 aliphatic heterocycles. The fourth-order valence-corrected chi connectivity index (χ4v) is 2.24. The van der Waals surface area contributed by atoms with E-state index in [1.165, 1.54) is 0 Å². The van der Waals surface area contributed by atoms with Crippen molar-refractivity contribution in [2.75, 3.05) is 12.8 Å². The predicted molar refractivity (Wildman–Crippen MR) is 55.1 cm³/mol. The van der Waals surface area contributed by atoms with Crippen LogP contribution in [-0.4, -0.2) is 17.7 Å². The third kappa shape index (κ3) is 10.7. The number of hydrogen-bond acceptors (Lipinski definition) is 2. The average molecular weight is 267 g/mol. The molecule has 0 aromatic rings. The first-order valence-corrected chi connectivity index (χ1v) is 6.85. The Balaban J connectivity index is 0. The maximum Gasteiger partial charge on any atom is 0.328 e. The van der Waals surface area contributed by atoms with E-state index in [0.29, 0.717) is 12.8 Å². The summed E-state index contributed by atoms with van der Waals surface area (Å²) < 4.78 is 16.2. The maximum absolute atomic E-state index is 11.3. The zero-order valence-electron chi connectivity index (χ0n) is 8.99. The van der Waals surface area contributed by atoms with Crippen LogP contribution < -0.4 is 0 Å². The maximum atomic E-state index is 11.3. The Kier molecular flexibility index (Phi) is 12.4. The molecule has 0 aliphatic rings. The molecule has 5 heteroatoms. The Bertz CT molecular complexity index is 164. The van der Waals surface area contributed by atoms with E-state index in [4.69, 9.17) is 4.52 Å². The summed E-state index contributed by atoms with van der Waals surface area (Å²) in [5.74, 6) is 0. The van der Waals surface area contributed by atoms with Gasteiger partial charge < -0.3 is 9.42 Å². The Morgan fingerprint density at radius 1 is 1.14 bits per heavy atom. The van der Waals surface area contributed by atoms with Crippen LogP contribution in [0.3, 0.4) is 0 Å². The minimum absolute atomic E-state index is 0. The van der Waals surface area contributed by atoms with Crippen LogP contribution in [0.1, 0.15) is 46.0 Å². The van der Waals surface area contributed by atoms with Crippen molar-refractivity contribution in [1.29, 1.82) is 0 Å². The first-order chi connectivity index (χ1) is 6.12. The van der Waals surface area contributed by atoms with Gasteiger partial charge >= 0.3 is 7.60 Å². The zero-order valence-corrected chi connectivity index (χ0v) is 10.9. The van der Waals surface area contributed by atoms with Crippen molar-refractivity contribution >= 4 is 7.60 Å². The van der Waals surface area contributed by atoms with Gasteiger partial charge in [0.25, 0.3) is 0 Å². The topological polar surface area (TPSA) is 46.5 Å². The van der Waals surface area contributed by atoms with Crippen molar-refractivity contribution in [2.45, 2.75) is 46.0 Å². The molecule has 0 rings (SSSR count). The second kappa shape index (κ2) is 10.2. The van der Waals surface area contributed by atoms with E-state index in [-0.39, 0.29) is 16.8 Å². The predicted octanol–water partition coefficient (Wildman–Crippen LogP) is 3.18. The van der Waals surface area contributed by atoms with Gasteiger partial charge in [0.2, 0.25) is 0 Å². The van der Waals surface area contributed by atoms with Gasteiger partial charge in [-0.15, -0.1) is 0 Å². The van der Waals surface area contributed by atoms with Gasteiger partial charge in [0, 0.05) is 22.9 Å². The summed E-state index contributed by atoms with van der Waals surface area (Å²) in [6, 6.07) is 0. The summed E-state index contributed by atoms with van der Waals surface area (Å²) in [6.07, 6.45) is 5.05. The molecule has 1 atom stereocenters. The molecule has 14 heavy (non-hydrogen) atoms. The van der Waals surface area contributed by atoms with Crippen LogP contribution in [0.25, 0.3) is 0 Å². The van der Waals surface area contributed by atoms with Crippen LogP contribution >= 0.6 is 7.60 Å². The smallest absolute Gasteiger partial charge is 0.324 e. The summed E-state index contributed by atoms with van der Waals surface area (Å²) in [5.41, 5.74) is 0. The van der Waals surface area contributed by atoms with Crippen LogP contribution in [0.15, 0.2) is 0 Å². The summed E-state index contributed by atoms with van der Waals surface area (Å²) >= 11 is 0. The Labute approximate surface area is 97.3 Å². The van der Waals surface area contributed by atoms with Crippen molar-refractivity contribution in [3.8, 4) is 0 Å². The van der Waals surface area contributed by atoms with E-state index < -0.39 is 7.60 Å². The SMILES string of the molecule is CCCCCOP(=O)(O)CCCC.[Co]. The van der Waals surface area contributed by atoms with Gasteiger partial charge in [-0.25, -0.2) is 0 Å². The van der Waals surface area contributed by atoms with E-state index in [2.05, 4.69) is 6.92 Å². The Morgan fingerprint density at radius 2 is 1.71 bits per heavy atom. The second-order valence-electron chi connectivity index (χ2n) is 3.25. The fourth-order valence-electron chi connectivity index (χ4n) is 0.982. The monoisotopic (exact) mass is 267 g/mol. The van der Waals surface area contributed by atoms with Crippen molar-refractivity contribution in [3.05, 3.63) is 0 Å². The normalized spacial score (nSPS) is 14.5. The number of unbranched alkanes of at least 4 members (excludes halogenated alkanes) is 3. The van der Waals surface area contributed by atoms with Gasteiger partial charge in [0.05, 0.1) is 6.61 Å². The van der Waals surface area contributed by atoms with Crippen molar-refractivity contribution in [3.63, 3.8) is 0 Å². The van der Waals surface area contributed by atoms with Gasteiger partial charge in [-0.3, -0.25) is 4.57 Å². The molecule has 1 unspecified atom stereocenters. The van der Waals surface area contributed by atoms with E-state index in [0.717, 1.165) is 32.1 Å². The van der Waals surface area contributed by atoms with Gasteiger partial charge in [-0.1, -0.05) is 33.1 Å². The third-order valence-corrected chi connectivity index (χ3v) is 3.30. The van der Waals surface area contributed by atoms with E-state index in [1.54, 1.807) is 0 Å². The van der Waals surface area contributed by atoms with Gasteiger partial charge in [-0.05, 0) is 12.8 Å². The molecule has 0 amide bonds. The number of rotatable bonds is 8. The summed E-state index contributed by atoms with van der Waals surface area (Å²) in [4.78, 5) is 9.28. The van der Waals surface area contributed by atoms with Crippen LogP contribution in [0.4, 0.5) is 0 Å². The molecular formula is C9H21CoO3P. The quantitative estimate of drug-likeness (QED) is 0.542. The number of hydrogen-bond donors (Lipinski definition) is 1. The van der Waals surface area contributed by atoms with Crippen LogP contribution in [0, 0.1) is 0 Å². The molecule has 0 saturated heterocycles. The molecule has 0 aromatic carbocycles. The van der Waals surface area contributed by atoms with Crippen LogP contribution in [0.2, 0.25) is 0 Å². The molecule has 1 N–H and O–H groups in total. The van der Waals surface area contributed by atoms with Crippen molar-refractivity contribution < 1.29 is 30.8 Å². The standard InChI is InChI=1S/C9H21O3P.Co/c1-3-5-7-8-12-13(10,11)9-6-4-2;/h3-9H2,1-2H3,(H,10,11);. The molecule has 3 nitrogen and oxygen atoms in total. The first-order valence-electron chi connectivity index (χ1n) is 5.08. The second-order valence-corrected chi connectivity index (χ2v) is 5.24. The van der Waals surface area contributed by atoms with Gasteiger partial charge in [0.15, 0.2) is 0 Å². The summed E-state index contributed by atoms with van der Waals surface area (Å²) in [6.45, 7) is 4.51. The molecule has 0 spiro atoms. The average Bonchev–Trinajstić information content (AvgIpc) is 2.09. The molecule has 0 heterocycles. The van der Waals surface area contributed by atoms with Crippen molar-refractivity contribution in [2.24, 2.45) is 0 Å². The molecule has 0 bridgehead atoms. The van der Waals surface area contributed by atoms with Crippen LogP contribution in [0.5, 0.6) is 0 Å². The molecule has 89 valence electrons. The summed E-state index contributed by atoms with van der Waals surface area (Å²) in [5, 5.41) is 0. The first kappa shape index (κ1) is 17.1. The fraction of sp³-hybridized carbons (Fsp3) is 1.00. The Morgan fingerprint density at radius 3 is 2.21 bits per heavy atom. The third-order valence-electron chi connectivity index (χ3n) is 1.84. The Hall–Kier alpha value is 0.656. The molecule has 0 aromatic heterocycles. The van der Waals surface area contributed by atoms with Crippen molar-refractivity contribution in [1.82, 2.24) is 0 Å².